The summed E-state index contributed by atoms with van der Waals surface area (Å²) in [7, 11) is 0. The molecule has 0 radical (unpaired) electrons. The van der Waals surface area contributed by atoms with Gasteiger partial charge in [-0.2, -0.15) is 5.10 Å². The van der Waals surface area contributed by atoms with Crippen LogP contribution in [0, 0.1) is 6.92 Å². The normalized spacial score (nSPS) is 20.2. The topological polar surface area (TPSA) is 76.5 Å². The van der Waals surface area contributed by atoms with E-state index in [0.717, 1.165) is 48.4 Å². The van der Waals surface area contributed by atoms with Crippen LogP contribution in [0.2, 0.25) is 0 Å². The van der Waals surface area contributed by atoms with E-state index < -0.39 is 12.2 Å². The molecule has 2 aromatic carbocycles. The zero-order valence-corrected chi connectivity index (χ0v) is 18.7. The van der Waals surface area contributed by atoms with Crippen LogP contribution < -0.4 is 5.32 Å². The van der Waals surface area contributed by atoms with E-state index in [2.05, 4.69) is 5.32 Å². The van der Waals surface area contributed by atoms with Crippen LogP contribution in [0.3, 0.4) is 0 Å². The lowest BCUT2D eigenvalue weighted by Gasteiger charge is -2.20. The molecule has 0 unspecified atom stereocenters. The molecule has 2 aliphatic heterocycles. The summed E-state index contributed by atoms with van der Waals surface area (Å²) in [5.41, 5.74) is 3.67. The first-order valence-corrected chi connectivity index (χ1v) is 11.6. The summed E-state index contributed by atoms with van der Waals surface area (Å²) < 4.78 is 7.66. The second-order valence-electron chi connectivity index (χ2n) is 8.69. The molecule has 7 heteroatoms. The highest BCUT2D eigenvalue weighted by Crippen LogP contribution is 2.28. The van der Waals surface area contributed by atoms with Crippen LogP contribution in [0.15, 0.2) is 60.7 Å². The first-order valence-electron chi connectivity index (χ1n) is 11.6. The quantitative estimate of drug-likeness (QED) is 0.646. The largest absolute Gasteiger partial charge is 0.355 e. The number of anilines is 1. The summed E-state index contributed by atoms with van der Waals surface area (Å²) >= 11 is 0. The van der Waals surface area contributed by atoms with E-state index in [1.807, 2.05) is 72.5 Å². The first kappa shape index (κ1) is 21.4. The van der Waals surface area contributed by atoms with Crippen molar-refractivity contribution in [1.29, 1.82) is 0 Å². The minimum atomic E-state index is -0.651. The van der Waals surface area contributed by atoms with Crippen molar-refractivity contribution in [1.82, 2.24) is 14.7 Å². The van der Waals surface area contributed by atoms with Crippen LogP contribution in [-0.2, 0) is 14.3 Å². The van der Waals surface area contributed by atoms with Gasteiger partial charge in [0.05, 0.1) is 11.4 Å². The lowest BCUT2D eigenvalue weighted by molar-refractivity contribution is -0.144. The molecule has 3 heterocycles. The number of amides is 2. The number of likely N-dealkylation sites (tertiary alicyclic amines) is 1. The van der Waals surface area contributed by atoms with E-state index in [4.69, 9.17) is 9.84 Å². The van der Waals surface area contributed by atoms with Crippen molar-refractivity contribution < 1.29 is 14.3 Å². The lowest BCUT2D eigenvalue weighted by atomic mass is 10.1. The summed E-state index contributed by atoms with van der Waals surface area (Å²) in [6.07, 6.45) is 1.99. The van der Waals surface area contributed by atoms with Crippen molar-refractivity contribution in [2.75, 3.05) is 18.4 Å². The van der Waals surface area contributed by atoms with Gasteiger partial charge in [-0.1, -0.05) is 48.5 Å². The van der Waals surface area contributed by atoms with Gasteiger partial charge in [0.2, 0.25) is 0 Å². The monoisotopic (exact) mass is 444 g/mol. The Morgan fingerprint density at radius 2 is 1.67 bits per heavy atom. The highest BCUT2D eigenvalue weighted by molar-refractivity contribution is 5.95. The SMILES string of the molecule is Cc1ccccc1-n1nc(-c2ccccc2)cc1NC(=O)[C@@H]1CC[C@H](C(=O)N2CCCC2)O1. The second-order valence-corrected chi connectivity index (χ2v) is 8.69. The fourth-order valence-corrected chi connectivity index (χ4v) is 4.56. The fraction of sp³-hybridized carbons (Fsp3) is 0.346. The van der Waals surface area contributed by atoms with E-state index in [1.54, 1.807) is 4.68 Å². The van der Waals surface area contributed by atoms with Gasteiger partial charge in [-0.3, -0.25) is 9.59 Å². The maximum atomic E-state index is 13.1. The van der Waals surface area contributed by atoms with Gasteiger partial charge in [0.1, 0.15) is 18.0 Å². The van der Waals surface area contributed by atoms with Gasteiger partial charge in [0.15, 0.2) is 0 Å². The molecule has 2 aliphatic rings. The van der Waals surface area contributed by atoms with E-state index in [0.29, 0.717) is 18.7 Å². The molecule has 33 heavy (non-hydrogen) atoms. The molecule has 0 saturated carbocycles. The Labute approximate surface area is 193 Å². The minimum absolute atomic E-state index is 0.0131. The Morgan fingerprint density at radius 1 is 0.970 bits per heavy atom. The van der Waals surface area contributed by atoms with Crippen LogP contribution in [-0.4, -0.2) is 51.8 Å². The van der Waals surface area contributed by atoms with Crippen LogP contribution in [0.5, 0.6) is 0 Å². The smallest absolute Gasteiger partial charge is 0.254 e. The number of para-hydroxylation sites is 1. The Hall–Kier alpha value is -3.45. The first-order chi connectivity index (χ1) is 16.1. The number of hydrogen-bond donors (Lipinski definition) is 1. The lowest BCUT2D eigenvalue weighted by Crippen LogP contribution is -2.38. The Bertz CT molecular complexity index is 1150. The molecule has 0 aliphatic carbocycles. The molecule has 2 amide bonds. The molecule has 0 bridgehead atoms. The number of nitrogens with zero attached hydrogens (tertiary/aromatic N) is 3. The van der Waals surface area contributed by atoms with Gasteiger partial charge < -0.3 is 15.0 Å². The molecule has 1 N–H and O–H groups in total. The van der Waals surface area contributed by atoms with Gasteiger partial charge in [-0.05, 0) is 44.2 Å². The summed E-state index contributed by atoms with van der Waals surface area (Å²) in [5.74, 6) is 0.339. The summed E-state index contributed by atoms with van der Waals surface area (Å²) in [6.45, 7) is 3.58. The highest BCUT2D eigenvalue weighted by atomic mass is 16.5. The van der Waals surface area contributed by atoms with Crippen molar-refractivity contribution in [3.05, 3.63) is 66.2 Å². The van der Waals surface area contributed by atoms with E-state index in [1.165, 1.54) is 0 Å². The molecule has 2 saturated heterocycles. The maximum absolute atomic E-state index is 13.1. The van der Waals surface area contributed by atoms with Gasteiger partial charge in [-0.25, -0.2) is 4.68 Å². The fourth-order valence-electron chi connectivity index (χ4n) is 4.56. The van der Waals surface area contributed by atoms with Gasteiger partial charge in [0, 0.05) is 24.7 Å². The number of rotatable bonds is 5. The molecule has 1 aromatic heterocycles. The van der Waals surface area contributed by atoms with Gasteiger partial charge >= 0.3 is 0 Å². The van der Waals surface area contributed by atoms with E-state index >= 15 is 0 Å². The van der Waals surface area contributed by atoms with Crippen molar-refractivity contribution in [2.45, 2.75) is 44.8 Å². The van der Waals surface area contributed by atoms with Crippen LogP contribution >= 0.6 is 0 Å². The number of hydrogen-bond acceptors (Lipinski definition) is 4. The van der Waals surface area contributed by atoms with E-state index in [9.17, 15) is 9.59 Å². The second kappa shape index (κ2) is 9.19. The molecule has 0 spiro atoms. The Morgan fingerprint density at radius 3 is 2.42 bits per heavy atom. The number of carbonyl (C=O) groups is 2. The predicted octanol–water partition coefficient (Wildman–Crippen LogP) is 3.96. The standard InChI is InChI=1S/C26H28N4O3/c1-18-9-5-6-12-21(18)30-24(17-20(28-30)19-10-3-2-4-11-19)27-25(31)22-13-14-23(33-22)26(32)29-15-7-8-16-29/h2-6,9-12,17,22-23H,7-8,13-16H2,1H3,(H,27,31)/t22-,23+/m0/s1. The number of nitrogens with one attached hydrogen (secondary N) is 1. The average Bonchev–Trinajstić information content (AvgIpc) is 3.60. The molecular weight excluding hydrogens is 416 g/mol. The Kier molecular flexibility index (Phi) is 5.96. The van der Waals surface area contributed by atoms with Crippen molar-refractivity contribution in [3.63, 3.8) is 0 Å². The molecule has 170 valence electrons. The third-order valence-electron chi connectivity index (χ3n) is 6.38. The third-order valence-corrected chi connectivity index (χ3v) is 6.38. The van der Waals surface area contributed by atoms with Crippen molar-refractivity contribution in [2.24, 2.45) is 0 Å². The minimum Gasteiger partial charge on any atom is -0.355 e. The van der Waals surface area contributed by atoms with Crippen LogP contribution in [0.1, 0.15) is 31.2 Å². The number of benzene rings is 2. The summed E-state index contributed by atoms with van der Waals surface area (Å²) in [6, 6.07) is 19.7. The number of carbonyl (C=O) groups excluding carboxylic acids is 2. The van der Waals surface area contributed by atoms with Gasteiger partial charge in [-0.15, -0.1) is 0 Å². The van der Waals surface area contributed by atoms with Gasteiger partial charge in [0.25, 0.3) is 11.8 Å². The zero-order chi connectivity index (χ0) is 22.8. The number of aryl methyl sites for hydroxylation is 1. The summed E-state index contributed by atoms with van der Waals surface area (Å²) in [4.78, 5) is 27.6. The zero-order valence-electron chi connectivity index (χ0n) is 18.7. The van der Waals surface area contributed by atoms with Crippen LogP contribution in [0.4, 0.5) is 5.82 Å². The van der Waals surface area contributed by atoms with Crippen LogP contribution in [0.25, 0.3) is 16.9 Å². The maximum Gasteiger partial charge on any atom is 0.254 e. The molecule has 2 atom stereocenters. The molecule has 5 rings (SSSR count). The van der Waals surface area contributed by atoms with Crippen molar-refractivity contribution >= 4 is 17.6 Å². The van der Waals surface area contributed by atoms with E-state index in [-0.39, 0.29) is 11.8 Å². The molecular formula is C26H28N4O3. The highest BCUT2D eigenvalue weighted by Gasteiger charge is 2.37. The summed E-state index contributed by atoms with van der Waals surface area (Å²) in [5, 5.41) is 7.80. The number of ether oxygens (including phenoxy) is 1. The Balaban J connectivity index is 1.37. The molecule has 3 aromatic rings. The number of aromatic nitrogens is 2. The predicted molar refractivity (Wildman–Crippen MR) is 126 cm³/mol. The van der Waals surface area contributed by atoms with Crippen molar-refractivity contribution in [3.8, 4) is 16.9 Å². The third kappa shape index (κ3) is 4.41. The molecule has 2 fully saturated rings. The average molecular weight is 445 g/mol. The molecule has 7 nitrogen and oxygen atoms in total.